The van der Waals surface area contributed by atoms with Crippen LogP contribution in [0, 0.1) is 5.92 Å². The maximum absolute atomic E-state index is 9.04. The topological polar surface area (TPSA) is 75.7 Å². The molecular weight excluding hydrogens is 302 g/mol. The first-order valence-electron chi connectivity index (χ1n) is 10.1. The average Bonchev–Trinajstić information content (AvgIpc) is 2.52. The van der Waals surface area contributed by atoms with E-state index in [1.54, 1.807) is 0 Å². The van der Waals surface area contributed by atoms with Gasteiger partial charge < -0.3 is 20.7 Å². The minimum Gasteiger partial charge on any atom is -0.396 e. The van der Waals surface area contributed by atoms with Crippen LogP contribution in [0.4, 0.5) is 0 Å². The Labute approximate surface area is 150 Å². The van der Waals surface area contributed by atoms with Crippen molar-refractivity contribution >= 4 is 0 Å². The monoisotopic (exact) mass is 345 g/mol. The van der Waals surface area contributed by atoms with Crippen LogP contribution >= 0.6 is 0 Å². The molecule has 0 amide bonds. The molecule has 0 saturated heterocycles. The Morgan fingerprint density at radius 2 is 1.25 bits per heavy atom. The molecule has 0 rings (SSSR count). The number of ether oxygens (including phenoxy) is 1. The Morgan fingerprint density at radius 1 is 0.750 bits per heavy atom. The highest BCUT2D eigenvalue weighted by Gasteiger charge is 2.23. The van der Waals surface area contributed by atoms with Crippen molar-refractivity contribution < 1.29 is 14.9 Å². The zero-order valence-electron chi connectivity index (χ0n) is 16.3. The lowest BCUT2D eigenvalue weighted by molar-refractivity contribution is 0.0954. The zero-order chi connectivity index (χ0) is 18.1. The number of aliphatic hydroxyl groups excluding tert-OH is 2. The van der Waals surface area contributed by atoms with Gasteiger partial charge in [0, 0.05) is 32.0 Å². The van der Waals surface area contributed by atoms with Gasteiger partial charge in [-0.3, -0.25) is 0 Å². The normalized spacial score (nSPS) is 12.2. The van der Waals surface area contributed by atoms with Crippen molar-refractivity contribution in [3.05, 3.63) is 0 Å². The van der Waals surface area contributed by atoms with Crippen molar-refractivity contribution in [1.82, 2.24) is 0 Å². The smallest absolute Gasteiger partial charge is 0.0483 e. The van der Waals surface area contributed by atoms with Crippen LogP contribution in [0.2, 0.25) is 0 Å². The predicted octanol–water partition coefficient (Wildman–Crippen LogP) is 4.02. The number of aliphatic hydroxyl groups is 2. The molecule has 4 nitrogen and oxygen atoms in total. The largest absolute Gasteiger partial charge is 0.396 e. The maximum Gasteiger partial charge on any atom is 0.0483 e. The molecule has 0 fully saturated rings. The van der Waals surface area contributed by atoms with Crippen molar-refractivity contribution in [3.8, 4) is 0 Å². The van der Waals surface area contributed by atoms with Gasteiger partial charge in [-0.2, -0.15) is 0 Å². The van der Waals surface area contributed by atoms with Gasteiger partial charge >= 0.3 is 0 Å². The zero-order valence-corrected chi connectivity index (χ0v) is 16.3. The number of hydrogen-bond acceptors (Lipinski definition) is 4. The van der Waals surface area contributed by atoms with Crippen LogP contribution in [0.5, 0.6) is 0 Å². The summed E-state index contributed by atoms with van der Waals surface area (Å²) in [6.07, 6.45) is 13.7. The molecule has 0 spiro atoms. The molecule has 0 unspecified atom stereocenters. The molecule has 4 N–H and O–H groups in total. The summed E-state index contributed by atoms with van der Waals surface area (Å²) in [6.45, 7) is 6.14. The van der Waals surface area contributed by atoms with Crippen molar-refractivity contribution in [1.29, 1.82) is 0 Å². The van der Waals surface area contributed by atoms with E-state index in [0.717, 1.165) is 18.9 Å². The molecule has 0 aliphatic carbocycles. The Morgan fingerprint density at radius 3 is 1.75 bits per heavy atom. The molecule has 0 atom stereocenters. The Kier molecular flexibility index (Phi) is 16.2. The number of rotatable bonds is 18. The van der Waals surface area contributed by atoms with Gasteiger partial charge in [-0.15, -0.1) is 0 Å². The molecule has 0 aromatic carbocycles. The van der Waals surface area contributed by atoms with Crippen molar-refractivity contribution in [2.45, 2.75) is 96.4 Å². The third kappa shape index (κ3) is 15.4. The fraction of sp³-hybridized carbons (Fsp3) is 1.00. The third-order valence-electron chi connectivity index (χ3n) is 4.78. The van der Waals surface area contributed by atoms with Crippen LogP contribution < -0.4 is 5.73 Å². The van der Waals surface area contributed by atoms with Crippen LogP contribution in [0.1, 0.15) is 90.9 Å². The second-order valence-electron chi connectivity index (χ2n) is 7.68. The second-order valence-corrected chi connectivity index (χ2v) is 7.68. The van der Waals surface area contributed by atoms with Gasteiger partial charge in [0.2, 0.25) is 0 Å². The van der Waals surface area contributed by atoms with Crippen LogP contribution in [-0.4, -0.2) is 42.2 Å². The van der Waals surface area contributed by atoms with Gasteiger partial charge in [0.1, 0.15) is 0 Å². The molecule has 0 aliphatic heterocycles. The summed E-state index contributed by atoms with van der Waals surface area (Å²) in [4.78, 5) is 0. The molecule has 0 aromatic rings. The van der Waals surface area contributed by atoms with E-state index >= 15 is 0 Å². The number of nitrogens with two attached hydrogens (primary N) is 1. The standard InChI is InChI=1S/C20H43NO3/c1-19(2)11-9-7-5-3-4-6-8-10-17-24-18-14-20(21,12-15-22)13-16-23/h19,22-23H,3-18,21H2,1-2H3. The first-order chi connectivity index (χ1) is 11.5. The lowest BCUT2D eigenvalue weighted by atomic mass is 9.90. The maximum atomic E-state index is 9.04. The molecule has 4 heteroatoms. The van der Waals surface area contributed by atoms with Gasteiger partial charge in [-0.25, -0.2) is 0 Å². The van der Waals surface area contributed by atoms with Gasteiger partial charge in [0.25, 0.3) is 0 Å². The molecule has 0 radical (unpaired) electrons. The summed E-state index contributed by atoms with van der Waals surface area (Å²) in [5, 5.41) is 18.1. The van der Waals surface area contributed by atoms with Gasteiger partial charge in [0.15, 0.2) is 0 Å². The van der Waals surface area contributed by atoms with E-state index in [1.807, 2.05) is 0 Å². The molecule has 146 valence electrons. The first-order valence-corrected chi connectivity index (χ1v) is 10.1. The van der Waals surface area contributed by atoms with Crippen molar-refractivity contribution in [2.75, 3.05) is 26.4 Å². The van der Waals surface area contributed by atoms with E-state index < -0.39 is 5.54 Å². The molecule has 0 saturated carbocycles. The van der Waals surface area contributed by atoms with E-state index in [2.05, 4.69) is 13.8 Å². The lowest BCUT2D eigenvalue weighted by Gasteiger charge is -2.28. The van der Waals surface area contributed by atoms with Crippen LogP contribution in [0.25, 0.3) is 0 Å². The summed E-state index contributed by atoms with van der Waals surface area (Å²) in [5.41, 5.74) is 5.68. The highest BCUT2D eigenvalue weighted by molar-refractivity contribution is 4.83. The fourth-order valence-electron chi connectivity index (χ4n) is 3.02. The fourth-order valence-corrected chi connectivity index (χ4v) is 3.02. The van der Waals surface area contributed by atoms with Crippen LogP contribution in [-0.2, 0) is 4.74 Å². The van der Waals surface area contributed by atoms with Crippen molar-refractivity contribution in [3.63, 3.8) is 0 Å². The summed E-state index contributed by atoms with van der Waals surface area (Å²) < 4.78 is 5.66. The second kappa shape index (κ2) is 16.3. The summed E-state index contributed by atoms with van der Waals surface area (Å²) in [5.74, 6) is 0.849. The summed E-state index contributed by atoms with van der Waals surface area (Å²) >= 11 is 0. The summed E-state index contributed by atoms with van der Waals surface area (Å²) in [6, 6.07) is 0. The molecule has 0 aliphatic rings. The van der Waals surface area contributed by atoms with E-state index in [9.17, 15) is 0 Å². The summed E-state index contributed by atoms with van der Waals surface area (Å²) in [7, 11) is 0. The molecule has 24 heavy (non-hydrogen) atoms. The van der Waals surface area contributed by atoms with E-state index in [-0.39, 0.29) is 13.2 Å². The van der Waals surface area contributed by atoms with Gasteiger partial charge in [-0.05, 0) is 31.6 Å². The van der Waals surface area contributed by atoms with Crippen LogP contribution in [0.3, 0.4) is 0 Å². The minimum absolute atomic E-state index is 0.0635. The Balaban J connectivity index is 3.33. The Bertz CT molecular complexity index is 253. The third-order valence-corrected chi connectivity index (χ3v) is 4.78. The average molecular weight is 346 g/mol. The molecule has 0 aromatic heterocycles. The highest BCUT2D eigenvalue weighted by Crippen LogP contribution is 2.16. The first kappa shape index (κ1) is 23.8. The molecular formula is C20H43NO3. The predicted molar refractivity (Wildman–Crippen MR) is 102 cm³/mol. The Hall–Kier alpha value is -0.160. The highest BCUT2D eigenvalue weighted by atomic mass is 16.5. The number of hydrogen-bond donors (Lipinski definition) is 3. The minimum atomic E-state index is -0.487. The number of unbranched alkanes of at least 4 members (excludes halogenated alkanes) is 7. The SMILES string of the molecule is CC(C)CCCCCCCCCCOCCC(N)(CCO)CCO. The lowest BCUT2D eigenvalue weighted by Crippen LogP contribution is -2.42. The van der Waals surface area contributed by atoms with Gasteiger partial charge in [0.05, 0.1) is 0 Å². The van der Waals surface area contributed by atoms with Crippen LogP contribution in [0.15, 0.2) is 0 Å². The molecule has 0 heterocycles. The van der Waals surface area contributed by atoms with Gasteiger partial charge in [-0.1, -0.05) is 65.2 Å². The van der Waals surface area contributed by atoms with E-state index in [1.165, 1.54) is 51.4 Å². The molecule has 0 bridgehead atoms. The van der Waals surface area contributed by atoms with E-state index in [4.69, 9.17) is 20.7 Å². The van der Waals surface area contributed by atoms with Crippen molar-refractivity contribution in [2.24, 2.45) is 11.7 Å². The quantitative estimate of drug-likeness (QED) is 0.328. The van der Waals surface area contributed by atoms with E-state index in [0.29, 0.717) is 25.9 Å².